The summed E-state index contributed by atoms with van der Waals surface area (Å²) in [5.74, 6) is 0. The van der Waals surface area contributed by atoms with E-state index in [2.05, 4.69) is 43.1 Å². The molecule has 0 aliphatic heterocycles. The number of rotatable bonds is 7. The minimum absolute atomic E-state index is 0.254. The summed E-state index contributed by atoms with van der Waals surface area (Å²) in [6, 6.07) is 16.3. The van der Waals surface area contributed by atoms with Crippen LogP contribution in [0.4, 0.5) is 5.69 Å². The summed E-state index contributed by atoms with van der Waals surface area (Å²) in [4.78, 5) is 0. The van der Waals surface area contributed by atoms with Gasteiger partial charge in [-0.3, -0.25) is 0 Å². The van der Waals surface area contributed by atoms with E-state index in [1.54, 1.807) is 0 Å². The lowest BCUT2D eigenvalue weighted by Gasteiger charge is -2.09. The molecule has 0 bridgehead atoms. The van der Waals surface area contributed by atoms with Gasteiger partial charge in [-0.1, -0.05) is 48.6 Å². The fourth-order valence-corrected chi connectivity index (χ4v) is 3.42. The van der Waals surface area contributed by atoms with Gasteiger partial charge in [0, 0.05) is 23.2 Å². The average Bonchev–Trinajstić information content (AvgIpc) is 3.06. The van der Waals surface area contributed by atoms with E-state index in [1.165, 1.54) is 0 Å². The van der Waals surface area contributed by atoms with Crippen LogP contribution in [0, 0.1) is 0 Å². The minimum Gasteiger partial charge on any atom is -0.394 e. The molecule has 28 heavy (non-hydrogen) atoms. The van der Waals surface area contributed by atoms with Gasteiger partial charge in [0.15, 0.2) is 0 Å². The van der Waals surface area contributed by atoms with Crippen molar-refractivity contribution < 1.29 is 14.8 Å². The lowest BCUT2D eigenvalue weighted by molar-refractivity contribution is -0.394. The third kappa shape index (κ3) is 4.14. The molecule has 0 radical (unpaired) electrons. The molecule has 0 amide bonds. The second-order valence-electron chi connectivity index (χ2n) is 6.88. The molecular weight excluding hydrogens is 348 g/mol. The van der Waals surface area contributed by atoms with Crippen molar-refractivity contribution in [2.45, 2.75) is 19.6 Å². The zero-order chi connectivity index (χ0) is 20.1. The van der Waals surface area contributed by atoms with E-state index in [4.69, 9.17) is 0 Å². The van der Waals surface area contributed by atoms with E-state index < -0.39 is 6.10 Å². The number of aliphatic hydroxyl groups is 2. The first-order valence-corrected chi connectivity index (χ1v) is 9.40. The second-order valence-corrected chi connectivity index (χ2v) is 6.88. The standard InChI is InChI=1S/C24H27N2O2/c1-4-18(21-9-5-7-11-23(21)25(2)3)13-14-19-15-26(16-20(28)17-27)24-12-8-6-10-22(19)24/h4-15,20,27-28H,2,16-17H2,1,3H3/q+1/b14-13+,18-4-. The van der Waals surface area contributed by atoms with Gasteiger partial charge in [0.05, 0.1) is 24.8 Å². The van der Waals surface area contributed by atoms with Crippen molar-refractivity contribution in [3.8, 4) is 0 Å². The van der Waals surface area contributed by atoms with Crippen molar-refractivity contribution in [1.82, 2.24) is 4.57 Å². The highest BCUT2D eigenvalue weighted by molar-refractivity contribution is 5.92. The Kier molecular flexibility index (Phi) is 6.24. The Labute approximate surface area is 166 Å². The summed E-state index contributed by atoms with van der Waals surface area (Å²) in [7, 11) is 1.94. The Bertz CT molecular complexity index is 1040. The molecule has 0 saturated heterocycles. The van der Waals surface area contributed by atoms with Crippen molar-refractivity contribution in [3.05, 3.63) is 78.0 Å². The fraction of sp³-hybridized carbons (Fsp3) is 0.208. The van der Waals surface area contributed by atoms with E-state index >= 15 is 0 Å². The number of hydrogen-bond donors (Lipinski definition) is 2. The maximum atomic E-state index is 9.86. The molecule has 0 saturated carbocycles. The van der Waals surface area contributed by atoms with Gasteiger partial charge in [0.1, 0.15) is 13.8 Å². The number of para-hydroxylation sites is 2. The van der Waals surface area contributed by atoms with Crippen LogP contribution in [0.2, 0.25) is 0 Å². The molecule has 1 unspecified atom stereocenters. The summed E-state index contributed by atoms with van der Waals surface area (Å²) in [5.41, 5.74) is 5.40. The number of aromatic nitrogens is 1. The normalized spacial score (nSPS) is 13.4. The average molecular weight is 375 g/mol. The van der Waals surface area contributed by atoms with Crippen LogP contribution in [0.1, 0.15) is 18.1 Å². The van der Waals surface area contributed by atoms with E-state index in [-0.39, 0.29) is 6.61 Å². The molecule has 144 valence electrons. The summed E-state index contributed by atoms with van der Waals surface area (Å²) >= 11 is 0. The molecule has 1 aromatic heterocycles. The summed E-state index contributed by atoms with van der Waals surface area (Å²) < 4.78 is 3.86. The Hall–Kier alpha value is -2.95. The summed E-state index contributed by atoms with van der Waals surface area (Å²) in [5, 5.41) is 20.2. The quantitative estimate of drug-likeness (QED) is 0.371. The first kappa shape index (κ1) is 19.8. The molecule has 3 rings (SSSR count). The molecule has 1 atom stereocenters. The van der Waals surface area contributed by atoms with Crippen molar-refractivity contribution in [3.63, 3.8) is 0 Å². The smallest absolute Gasteiger partial charge is 0.212 e. The number of benzene rings is 2. The number of fused-ring (bicyclic) bond motifs is 1. The van der Waals surface area contributed by atoms with Crippen LogP contribution in [-0.4, -0.2) is 45.8 Å². The van der Waals surface area contributed by atoms with Crippen LogP contribution in [-0.2, 0) is 6.54 Å². The predicted octanol–water partition coefficient (Wildman–Crippen LogP) is 4.09. The summed E-state index contributed by atoms with van der Waals surface area (Å²) in [6.45, 7) is 6.15. The van der Waals surface area contributed by atoms with Crippen LogP contribution in [0.5, 0.6) is 0 Å². The molecule has 2 aromatic carbocycles. The highest BCUT2D eigenvalue weighted by atomic mass is 16.3. The topological polar surface area (TPSA) is 48.4 Å². The zero-order valence-electron chi connectivity index (χ0n) is 16.4. The number of allylic oxidation sites excluding steroid dienone is 3. The molecule has 0 fully saturated rings. The van der Waals surface area contributed by atoms with Gasteiger partial charge >= 0.3 is 0 Å². The van der Waals surface area contributed by atoms with Crippen molar-refractivity contribution >= 4 is 35.0 Å². The minimum atomic E-state index is -0.779. The Morgan fingerprint density at radius 1 is 1.18 bits per heavy atom. The maximum absolute atomic E-state index is 9.86. The molecule has 0 aliphatic rings. The van der Waals surface area contributed by atoms with Gasteiger partial charge in [-0.05, 0) is 30.2 Å². The molecule has 4 nitrogen and oxygen atoms in total. The third-order valence-corrected chi connectivity index (χ3v) is 4.82. The van der Waals surface area contributed by atoms with Crippen molar-refractivity contribution in [2.24, 2.45) is 0 Å². The molecule has 0 aliphatic carbocycles. The van der Waals surface area contributed by atoms with E-state index in [0.29, 0.717) is 6.54 Å². The largest absolute Gasteiger partial charge is 0.394 e. The number of nitrogens with zero attached hydrogens (tertiary/aromatic N) is 2. The number of aliphatic hydroxyl groups excluding tert-OH is 2. The first-order valence-electron chi connectivity index (χ1n) is 9.40. The van der Waals surface area contributed by atoms with Crippen molar-refractivity contribution in [1.29, 1.82) is 0 Å². The van der Waals surface area contributed by atoms with Crippen LogP contribution in [0.25, 0.3) is 22.6 Å². The third-order valence-electron chi connectivity index (χ3n) is 4.82. The van der Waals surface area contributed by atoms with E-state index in [1.807, 2.05) is 59.6 Å². The van der Waals surface area contributed by atoms with Gasteiger partial charge in [0.2, 0.25) is 5.69 Å². The van der Waals surface area contributed by atoms with E-state index in [0.717, 1.165) is 33.3 Å². The van der Waals surface area contributed by atoms with Crippen LogP contribution in [0.3, 0.4) is 0 Å². The van der Waals surface area contributed by atoms with Gasteiger partial charge < -0.3 is 14.8 Å². The highest BCUT2D eigenvalue weighted by Gasteiger charge is 2.12. The lowest BCUT2D eigenvalue weighted by atomic mass is 10.0. The molecular formula is C24H27N2O2+. The second kappa shape index (κ2) is 8.83. The SMILES string of the molecule is C=[N+](C)c1ccccc1C(=C\C)/C=C/c1cn(CC(O)CO)c2ccccc12. The fourth-order valence-electron chi connectivity index (χ4n) is 3.42. The molecule has 1 heterocycles. The predicted molar refractivity (Wildman–Crippen MR) is 117 cm³/mol. The van der Waals surface area contributed by atoms with Gasteiger partial charge in [-0.15, -0.1) is 0 Å². The van der Waals surface area contributed by atoms with E-state index in [9.17, 15) is 10.2 Å². The maximum Gasteiger partial charge on any atom is 0.212 e. The molecule has 2 N–H and O–H groups in total. The molecule has 4 heteroatoms. The van der Waals surface area contributed by atoms with Crippen molar-refractivity contribution in [2.75, 3.05) is 13.7 Å². The van der Waals surface area contributed by atoms with Crippen LogP contribution >= 0.6 is 0 Å². The Balaban J connectivity index is 2.00. The monoisotopic (exact) mass is 375 g/mol. The van der Waals surface area contributed by atoms with Crippen LogP contribution < -0.4 is 0 Å². The van der Waals surface area contributed by atoms with Gasteiger partial charge in [-0.25, -0.2) is 4.58 Å². The Morgan fingerprint density at radius 3 is 2.61 bits per heavy atom. The zero-order valence-corrected chi connectivity index (χ0v) is 16.4. The number of hydrogen-bond acceptors (Lipinski definition) is 2. The molecule has 3 aromatic rings. The van der Waals surface area contributed by atoms with Crippen LogP contribution in [0.15, 0.2) is 66.9 Å². The highest BCUT2D eigenvalue weighted by Crippen LogP contribution is 2.28. The van der Waals surface area contributed by atoms with Gasteiger partial charge in [0.25, 0.3) is 0 Å². The first-order chi connectivity index (χ1) is 13.5. The molecule has 0 spiro atoms. The summed E-state index contributed by atoms with van der Waals surface area (Å²) in [6.07, 6.45) is 7.54. The lowest BCUT2D eigenvalue weighted by Crippen LogP contribution is -2.19. The Morgan fingerprint density at radius 2 is 1.89 bits per heavy atom. The van der Waals surface area contributed by atoms with Gasteiger partial charge in [-0.2, -0.15) is 0 Å².